The average Bonchev–Trinajstić information content (AvgIpc) is 3.39. The molecule has 2 aliphatic rings. The Morgan fingerprint density at radius 2 is 2.00 bits per heavy atom. The number of aromatic nitrogens is 3. The van der Waals surface area contributed by atoms with Crippen LogP contribution in [-0.2, 0) is 31.1 Å². The molecule has 5 rings (SSSR count). The van der Waals surface area contributed by atoms with E-state index in [1.807, 2.05) is 6.07 Å². The van der Waals surface area contributed by atoms with E-state index in [0.717, 1.165) is 19.3 Å². The van der Waals surface area contributed by atoms with Crippen molar-refractivity contribution < 1.29 is 22.7 Å². The molecule has 0 saturated heterocycles. The normalized spacial score (nSPS) is 17.7. The standard InChI is InChI=1S/C26H28F3N5O2/c1-25(8-5-9-25)30-13-16-10-19-20(21(11-16)26(27,28)29)14-34(24(19)35)18-7-4-6-17(12-18)22(36-3)23-32-31-15-33(23)2/h4,6-7,10-12,15,22,30H,5,8-9,13-14H2,1-3H3. The number of carbonyl (C=O) groups is 1. The molecule has 1 saturated carbocycles. The Morgan fingerprint density at radius 3 is 2.61 bits per heavy atom. The predicted molar refractivity (Wildman–Crippen MR) is 127 cm³/mol. The maximum Gasteiger partial charge on any atom is 0.416 e. The lowest BCUT2D eigenvalue weighted by Gasteiger charge is -2.39. The highest BCUT2D eigenvalue weighted by atomic mass is 19.4. The van der Waals surface area contributed by atoms with E-state index in [1.165, 1.54) is 18.1 Å². The highest BCUT2D eigenvalue weighted by Crippen LogP contribution is 2.40. The molecule has 190 valence electrons. The molecule has 1 aliphatic carbocycles. The van der Waals surface area contributed by atoms with Gasteiger partial charge in [0.15, 0.2) is 5.82 Å². The van der Waals surface area contributed by atoms with Crippen molar-refractivity contribution in [1.29, 1.82) is 0 Å². The zero-order chi connectivity index (χ0) is 25.7. The Bertz CT molecular complexity index is 1300. The topological polar surface area (TPSA) is 72.3 Å². The number of rotatable bonds is 7. The van der Waals surface area contributed by atoms with Crippen molar-refractivity contribution in [2.75, 3.05) is 12.0 Å². The van der Waals surface area contributed by atoms with E-state index < -0.39 is 23.8 Å². The van der Waals surface area contributed by atoms with Gasteiger partial charge in [0.25, 0.3) is 5.91 Å². The fraction of sp³-hybridized carbons (Fsp3) is 0.423. The number of nitrogens with one attached hydrogen (secondary N) is 1. The molecule has 1 aromatic heterocycles. The first kappa shape index (κ1) is 24.5. The summed E-state index contributed by atoms with van der Waals surface area (Å²) in [5, 5.41) is 11.4. The second-order valence-electron chi connectivity index (χ2n) is 9.84. The summed E-state index contributed by atoms with van der Waals surface area (Å²) in [6.45, 7) is 2.20. The van der Waals surface area contributed by atoms with Gasteiger partial charge in [-0.25, -0.2) is 0 Å². The van der Waals surface area contributed by atoms with Gasteiger partial charge in [0.1, 0.15) is 12.4 Å². The molecule has 1 N–H and O–H groups in total. The minimum atomic E-state index is -4.56. The van der Waals surface area contributed by atoms with Gasteiger partial charge in [0.05, 0.1) is 12.1 Å². The minimum Gasteiger partial charge on any atom is -0.369 e. The van der Waals surface area contributed by atoms with Gasteiger partial charge in [0, 0.05) is 37.5 Å². The summed E-state index contributed by atoms with van der Waals surface area (Å²) in [6, 6.07) is 9.82. The second-order valence-corrected chi connectivity index (χ2v) is 9.84. The van der Waals surface area contributed by atoms with Crippen LogP contribution in [0.2, 0.25) is 0 Å². The molecule has 7 nitrogen and oxygen atoms in total. The molecular formula is C26H28F3N5O2. The molecule has 0 bridgehead atoms. The molecule has 10 heteroatoms. The Labute approximate surface area is 207 Å². The van der Waals surface area contributed by atoms with Crippen molar-refractivity contribution >= 4 is 11.6 Å². The van der Waals surface area contributed by atoms with Crippen LogP contribution in [0.15, 0.2) is 42.7 Å². The summed E-state index contributed by atoms with van der Waals surface area (Å²) in [7, 11) is 3.33. The number of alkyl halides is 3. The predicted octanol–water partition coefficient (Wildman–Crippen LogP) is 4.76. The van der Waals surface area contributed by atoms with Crippen LogP contribution in [0, 0.1) is 0 Å². The lowest BCUT2D eigenvalue weighted by atomic mass is 9.78. The fourth-order valence-electron chi connectivity index (χ4n) is 5.01. The quantitative estimate of drug-likeness (QED) is 0.508. The molecule has 3 aromatic rings. The highest BCUT2D eigenvalue weighted by Gasteiger charge is 2.41. The number of anilines is 1. The van der Waals surface area contributed by atoms with E-state index in [4.69, 9.17) is 4.74 Å². The van der Waals surface area contributed by atoms with Crippen LogP contribution < -0.4 is 10.2 Å². The Balaban J connectivity index is 1.47. The number of nitrogens with zero attached hydrogens (tertiary/aromatic N) is 4. The molecule has 1 atom stereocenters. The van der Waals surface area contributed by atoms with Crippen LogP contribution in [0.25, 0.3) is 0 Å². The molecule has 1 amide bonds. The lowest BCUT2D eigenvalue weighted by molar-refractivity contribution is -0.138. The molecular weight excluding hydrogens is 471 g/mol. The van der Waals surface area contributed by atoms with E-state index in [9.17, 15) is 18.0 Å². The zero-order valence-electron chi connectivity index (χ0n) is 20.4. The molecule has 1 unspecified atom stereocenters. The van der Waals surface area contributed by atoms with Gasteiger partial charge in [0.2, 0.25) is 0 Å². The third-order valence-electron chi connectivity index (χ3n) is 7.28. The number of carbonyl (C=O) groups excluding carboxylic acids is 1. The first-order valence-electron chi connectivity index (χ1n) is 11.9. The van der Waals surface area contributed by atoms with E-state index >= 15 is 0 Å². The molecule has 0 radical (unpaired) electrons. The van der Waals surface area contributed by atoms with Gasteiger partial charge in [-0.15, -0.1) is 10.2 Å². The number of amides is 1. The van der Waals surface area contributed by atoms with Gasteiger partial charge in [-0.3, -0.25) is 4.79 Å². The summed E-state index contributed by atoms with van der Waals surface area (Å²) >= 11 is 0. The van der Waals surface area contributed by atoms with Gasteiger partial charge >= 0.3 is 6.18 Å². The van der Waals surface area contributed by atoms with E-state index in [2.05, 4.69) is 22.4 Å². The molecule has 1 aliphatic heterocycles. The molecule has 1 fully saturated rings. The van der Waals surface area contributed by atoms with Gasteiger partial charge < -0.3 is 19.5 Å². The minimum absolute atomic E-state index is 0.00750. The Morgan fingerprint density at radius 1 is 1.22 bits per heavy atom. The summed E-state index contributed by atoms with van der Waals surface area (Å²) in [5.41, 5.74) is 0.957. The average molecular weight is 500 g/mol. The summed E-state index contributed by atoms with van der Waals surface area (Å²) < 4.78 is 49.5. The lowest BCUT2D eigenvalue weighted by Crippen LogP contribution is -2.47. The van der Waals surface area contributed by atoms with Crippen LogP contribution in [-0.4, -0.2) is 33.3 Å². The van der Waals surface area contributed by atoms with E-state index in [0.29, 0.717) is 22.6 Å². The Hall–Kier alpha value is -3.24. The first-order valence-corrected chi connectivity index (χ1v) is 11.9. The largest absolute Gasteiger partial charge is 0.416 e. The van der Waals surface area contributed by atoms with Crippen LogP contribution in [0.5, 0.6) is 0 Å². The molecule has 2 heterocycles. The first-order chi connectivity index (χ1) is 17.1. The Kier molecular flexibility index (Phi) is 6.12. The number of benzene rings is 2. The van der Waals surface area contributed by atoms with Crippen molar-refractivity contribution in [3.8, 4) is 0 Å². The monoisotopic (exact) mass is 499 g/mol. The van der Waals surface area contributed by atoms with Crippen LogP contribution >= 0.6 is 0 Å². The summed E-state index contributed by atoms with van der Waals surface area (Å²) in [5.74, 6) is 0.124. The fourth-order valence-corrected chi connectivity index (χ4v) is 5.01. The number of halogens is 3. The van der Waals surface area contributed by atoms with Crippen molar-refractivity contribution in [2.45, 2.75) is 57.1 Å². The molecule has 36 heavy (non-hydrogen) atoms. The SMILES string of the molecule is COC(c1cccc(N2Cc3c(cc(CNC4(C)CCC4)cc3C(F)(F)F)C2=O)c1)c1nncn1C. The maximum atomic E-state index is 14.1. The third-order valence-corrected chi connectivity index (χ3v) is 7.28. The zero-order valence-corrected chi connectivity index (χ0v) is 20.4. The number of ether oxygens (including phenoxy) is 1. The van der Waals surface area contributed by atoms with Crippen LogP contribution in [0.4, 0.5) is 18.9 Å². The molecule has 2 aromatic carbocycles. The molecule has 0 spiro atoms. The van der Waals surface area contributed by atoms with Gasteiger partial charge in [-0.2, -0.15) is 13.2 Å². The smallest absolute Gasteiger partial charge is 0.369 e. The summed E-state index contributed by atoms with van der Waals surface area (Å²) in [6.07, 6.45) is -0.468. The number of methoxy groups -OCH3 is 1. The number of aryl methyl sites for hydroxylation is 1. The highest BCUT2D eigenvalue weighted by molar-refractivity contribution is 6.10. The van der Waals surface area contributed by atoms with Gasteiger partial charge in [-0.05, 0) is 67.1 Å². The number of hydrogen-bond acceptors (Lipinski definition) is 5. The summed E-state index contributed by atoms with van der Waals surface area (Å²) in [4.78, 5) is 14.8. The third kappa shape index (κ3) is 4.39. The number of fused-ring (bicyclic) bond motifs is 1. The van der Waals surface area contributed by atoms with E-state index in [1.54, 1.807) is 42.2 Å². The van der Waals surface area contributed by atoms with Crippen molar-refractivity contribution in [3.63, 3.8) is 0 Å². The number of hydrogen-bond donors (Lipinski definition) is 1. The van der Waals surface area contributed by atoms with Crippen LogP contribution in [0.1, 0.15) is 70.7 Å². The second kappa shape index (κ2) is 9.01. The van der Waals surface area contributed by atoms with Crippen LogP contribution in [0.3, 0.4) is 0 Å². The van der Waals surface area contributed by atoms with Crippen molar-refractivity contribution in [1.82, 2.24) is 20.1 Å². The van der Waals surface area contributed by atoms with Crippen molar-refractivity contribution in [2.24, 2.45) is 7.05 Å². The van der Waals surface area contributed by atoms with Crippen molar-refractivity contribution in [3.05, 3.63) is 76.4 Å². The van der Waals surface area contributed by atoms with E-state index in [-0.39, 0.29) is 29.8 Å². The van der Waals surface area contributed by atoms with Gasteiger partial charge in [-0.1, -0.05) is 12.1 Å². The maximum absolute atomic E-state index is 14.1.